The number of aryl methyl sites for hydroxylation is 1. The molecule has 0 aliphatic carbocycles. The van der Waals surface area contributed by atoms with E-state index in [-0.39, 0.29) is 17.9 Å². The molecular formula is C20H24N6O2. The van der Waals surface area contributed by atoms with E-state index in [2.05, 4.69) is 20.4 Å². The molecule has 8 heteroatoms. The Labute approximate surface area is 163 Å². The number of carbonyl (C=O) groups excluding carboxylic acids is 1. The third-order valence-electron chi connectivity index (χ3n) is 5.35. The van der Waals surface area contributed by atoms with Gasteiger partial charge in [-0.1, -0.05) is 13.0 Å². The van der Waals surface area contributed by atoms with Gasteiger partial charge in [0, 0.05) is 36.8 Å². The monoisotopic (exact) mass is 380 g/mol. The zero-order valence-electron chi connectivity index (χ0n) is 16.1. The molecule has 0 saturated carbocycles. The lowest BCUT2D eigenvalue weighted by Gasteiger charge is -2.39. The van der Waals surface area contributed by atoms with Crippen LogP contribution in [0.5, 0.6) is 0 Å². The molecule has 0 spiro atoms. The first-order valence-electron chi connectivity index (χ1n) is 9.39. The van der Waals surface area contributed by atoms with Gasteiger partial charge in [-0.3, -0.25) is 9.48 Å². The summed E-state index contributed by atoms with van der Waals surface area (Å²) in [6.45, 7) is 3.41. The number of rotatable bonds is 4. The van der Waals surface area contributed by atoms with Gasteiger partial charge >= 0.3 is 0 Å². The van der Waals surface area contributed by atoms with Crippen molar-refractivity contribution in [1.82, 2.24) is 24.6 Å². The molecule has 1 atom stereocenters. The van der Waals surface area contributed by atoms with E-state index in [0.29, 0.717) is 24.5 Å². The lowest BCUT2D eigenvalue weighted by Crippen LogP contribution is -2.46. The molecule has 3 heterocycles. The van der Waals surface area contributed by atoms with Gasteiger partial charge in [0.05, 0.1) is 18.2 Å². The lowest BCUT2D eigenvalue weighted by molar-refractivity contribution is 0.0358. The summed E-state index contributed by atoms with van der Waals surface area (Å²) in [7, 11) is 1.83. The van der Waals surface area contributed by atoms with Gasteiger partial charge in [0.25, 0.3) is 5.91 Å². The van der Waals surface area contributed by atoms with Crippen molar-refractivity contribution in [3.05, 3.63) is 42.4 Å². The minimum atomic E-state index is -0.226. The van der Waals surface area contributed by atoms with Gasteiger partial charge in [-0.25, -0.2) is 9.97 Å². The number of nitrogens with zero attached hydrogens (tertiary/aromatic N) is 5. The van der Waals surface area contributed by atoms with Gasteiger partial charge in [0.15, 0.2) is 5.65 Å². The fourth-order valence-corrected chi connectivity index (χ4v) is 3.73. The van der Waals surface area contributed by atoms with Crippen LogP contribution in [0.15, 0.2) is 36.8 Å². The first-order valence-corrected chi connectivity index (χ1v) is 9.39. The highest BCUT2D eigenvalue weighted by Crippen LogP contribution is 2.30. The Morgan fingerprint density at radius 3 is 3.04 bits per heavy atom. The predicted octanol–water partition coefficient (Wildman–Crippen LogP) is 2.34. The number of likely N-dealkylation sites (tertiary alicyclic amines) is 1. The van der Waals surface area contributed by atoms with Gasteiger partial charge < -0.3 is 15.3 Å². The molecule has 1 fully saturated rings. The van der Waals surface area contributed by atoms with Crippen molar-refractivity contribution in [2.75, 3.05) is 25.0 Å². The number of aliphatic hydroxyl groups is 1. The zero-order chi connectivity index (χ0) is 19.7. The minimum absolute atomic E-state index is 0.0164. The predicted molar refractivity (Wildman–Crippen MR) is 106 cm³/mol. The third kappa shape index (κ3) is 3.43. The molecule has 3 aromatic rings. The van der Waals surface area contributed by atoms with Crippen molar-refractivity contribution < 1.29 is 9.90 Å². The number of anilines is 2. The topological polar surface area (TPSA) is 96.2 Å². The number of amides is 1. The summed E-state index contributed by atoms with van der Waals surface area (Å²) in [6.07, 6.45) is 5.05. The maximum Gasteiger partial charge on any atom is 0.253 e. The fraction of sp³-hybridized carbons (Fsp3) is 0.400. The lowest BCUT2D eigenvalue weighted by atomic mass is 9.82. The normalized spacial score (nSPS) is 19.8. The van der Waals surface area contributed by atoms with Crippen molar-refractivity contribution >= 4 is 28.4 Å². The standard InChI is InChI=1S/C20H24N6O2/c1-20(12-27)7-4-8-26(11-20)19(28)14-5-3-6-15(9-14)24-17-16-10-23-25(2)18(16)22-13-21-17/h3,5-6,9-10,13,27H,4,7-8,11-12H2,1-2H3,(H,21,22,24)/t20-/m1/s1. The van der Waals surface area contributed by atoms with Crippen LogP contribution in [-0.4, -0.2) is 55.4 Å². The van der Waals surface area contributed by atoms with Crippen LogP contribution in [0.25, 0.3) is 11.0 Å². The SMILES string of the molecule is Cn1ncc2c(Nc3cccc(C(=O)N4CCC[C@@](C)(CO)C4)c3)ncnc21. The van der Waals surface area contributed by atoms with Crippen LogP contribution in [-0.2, 0) is 7.05 Å². The maximum absolute atomic E-state index is 13.0. The van der Waals surface area contributed by atoms with Crippen LogP contribution in [0.2, 0.25) is 0 Å². The number of hydrogen-bond donors (Lipinski definition) is 2. The molecule has 0 radical (unpaired) electrons. The number of nitrogens with one attached hydrogen (secondary N) is 1. The smallest absolute Gasteiger partial charge is 0.253 e. The molecule has 0 bridgehead atoms. The number of fused-ring (bicyclic) bond motifs is 1. The van der Waals surface area contributed by atoms with Gasteiger partial charge in [0.1, 0.15) is 12.1 Å². The molecule has 146 valence electrons. The summed E-state index contributed by atoms with van der Waals surface area (Å²) >= 11 is 0. The Balaban J connectivity index is 1.57. The fourth-order valence-electron chi connectivity index (χ4n) is 3.73. The molecule has 1 aliphatic heterocycles. The van der Waals surface area contributed by atoms with E-state index in [1.54, 1.807) is 10.9 Å². The molecule has 28 heavy (non-hydrogen) atoms. The van der Waals surface area contributed by atoms with Crippen LogP contribution in [0.4, 0.5) is 11.5 Å². The second kappa shape index (κ2) is 7.20. The van der Waals surface area contributed by atoms with E-state index in [1.807, 2.05) is 43.1 Å². The van der Waals surface area contributed by atoms with Crippen LogP contribution < -0.4 is 5.32 Å². The van der Waals surface area contributed by atoms with Crippen LogP contribution in [0, 0.1) is 5.41 Å². The van der Waals surface area contributed by atoms with Crippen LogP contribution in [0.3, 0.4) is 0 Å². The minimum Gasteiger partial charge on any atom is -0.396 e. The van der Waals surface area contributed by atoms with E-state index in [0.717, 1.165) is 29.6 Å². The number of aromatic nitrogens is 4. The molecule has 1 aromatic carbocycles. The number of carbonyl (C=O) groups is 1. The summed E-state index contributed by atoms with van der Waals surface area (Å²) in [4.78, 5) is 23.4. The Morgan fingerprint density at radius 2 is 2.21 bits per heavy atom. The number of piperidine rings is 1. The summed E-state index contributed by atoms with van der Waals surface area (Å²) in [5.41, 5.74) is 1.90. The molecule has 4 rings (SSSR count). The van der Waals surface area contributed by atoms with E-state index in [4.69, 9.17) is 0 Å². The van der Waals surface area contributed by atoms with E-state index < -0.39 is 0 Å². The third-order valence-corrected chi connectivity index (χ3v) is 5.35. The number of aliphatic hydroxyl groups excluding tert-OH is 1. The Kier molecular flexibility index (Phi) is 4.72. The highest BCUT2D eigenvalue weighted by Gasteiger charge is 2.32. The molecule has 1 saturated heterocycles. The highest BCUT2D eigenvalue weighted by atomic mass is 16.3. The first kappa shape index (κ1) is 18.4. The number of hydrogen-bond acceptors (Lipinski definition) is 6. The van der Waals surface area contributed by atoms with Gasteiger partial charge in [-0.05, 0) is 31.0 Å². The molecule has 2 aromatic heterocycles. The van der Waals surface area contributed by atoms with E-state index in [1.165, 1.54) is 6.33 Å². The van der Waals surface area contributed by atoms with Crippen molar-refractivity contribution in [2.24, 2.45) is 12.5 Å². The summed E-state index contributed by atoms with van der Waals surface area (Å²) in [5.74, 6) is 0.630. The van der Waals surface area contributed by atoms with Crippen molar-refractivity contribution in [3.8, 4) is 0 Å². The first-order chi connectivity index (χ1) is 13.5. The van der Waals surface area contributed by atoms with Crippen LogP contribution >= 0.6 is 0 Å². The average molecular weight is 380 g/mol. The summed E-state index contributed by atoms with van der Waals surface area (Å²) < 4.78 is 1.69. The largest absolute Gasteiger partial charge is 0.396 e. The molecule has 0 unspecified atom stereocenters. The summed E-state index contributed by atoms with van der Waals surface area (Å²) in [6, 6.07) is 7.40. The van der Waals surface area contributed by atoms with Crippen molar-refractivity contribution in [2.45, 2.75) is 19.8 Å². The zero-order valence-corrected chi connectivity index (χ0v) is 16.1. The highest BCUT2D eigenvalue weighted by molar-refractivity contribution is 5.96. The second-order valence-corrected chi connectivity index (χ2v) is 7.73. The Morgan fingerprint density at radius 1 is 1.36 bits per heavy atom. The van der Waals surface area contributed by atoms with Gasteiger partial charge in [-0.15, -0.1) is 0 Å². The molecule has 1 amide bonds. The van der Waals surface area contributed by atoms with Crippen LogP contribution in [0.1, 0.15) is 30.1 Å². The second-order valence-electron chi connectivity index (χ2n) is 7.73. The molecule has 2 N–H and O–H groups in total. The molecule has 8 nitrogen and oxygen atoms in total. The maximum atomic E-state index is 13.0. The molecule has 1 aliphatic rings. The quantitative estimate of drug-likeness (QED) is 0.721. The van der Waals surface area contributed by atoms with Gasteiger partial charge in [0.2, 0.25) is 0 Å². The van der Waals surface area contributed by atoms with Crippen molar-refractivity contribution in [1.29, 1.82) is 0 Å². The average Bonchev–Trinajstić information content (AvgIpc) is 3.10. The van der Waals surface area contributed by atoms with Crippen molar-refractivity contribution in [3.63, 3.8) is 0 Å². The van der Waals surface area contributed by atoms with E-state index >= 15 is 0 Å². The Hall–Kier alpha value is -3.00. The summed E-state index contributed by atoms with van der Waals surface area (Å²) in [5, 5.41) is 18.0. The Bertz CT molecular complexity index is 1020. The number of benzene rings is 1. The van der Waals surface area contributed by atoms with Gasteiger partial charge in [-0.2, -0.15) is 5.10 Å². The molecular weight excluding hydrogens is 356 g/mol. The van der Waals surface area contributed by atoms with E-state index in [9.17, 15) is 9.90 Å².